The van der Waals surface area contributed by atoms with E-state index in [1.165, 1.54) is 6.20 Å². The number of para-hydroxylation sites is 1. The Hall–Kier alpha value is -2.14. The number of hydrogen-bond acceptors (Lipinski definition) is 4. The molecule has 1 aromatic carbocycles. The Morgan fingerprint density at radius 3 is 2.84 bits per heavy atom. The van der Waals surface area contributed by atoms with Crippen LogP contribution in [0.5, 0.6) is 5.75 Å². The third kappa shape index (κ3) is 3.20. The number of carboxylic acid groups (broad SMARTS) is 1. The highest BCUT2D eigenvalue weighted by Crippen LogP contribution is 2.18. The second kappa shape index (κ2) is 5.67. The van der Waals surface area contributed by atoms with Crippen molar-refractivity contribution in [2.75, 3.05) is 0 Å². The van der Waals surface area contributed by atoms with Gasteiger partial charge in [-0.25, -0.2) is 14.8 Å². The van der Waals surface area contributed by atoms with Crippen LogP contribution in [0.4, 0.5) is 0 Å². The van der Waals surface area contributed by atoms with Crippen LogP contribution in [0.15, 0.2) is 30.5 Å². The molecule has 19 heavy (non-hydrogen) atoms. The molecule has 0 aliphatic carbocycles. The normalized spacial score (nSPS) is 10.2. The number of rotatable bonds is 4. The largest absolute Gasteiger partial charge is 0.485 e. The minimum absolute atomic E-state index is 0.00661. The summed E-state index contributed by atoms with van der Waals surface area (Å²) in [5, 5.41) is 8.91. The number of ether oxygens (including phenoxy) is 1. The first-order valence-corrected chi connectivity index (χ1v) is 5.89. The Kier molecular flexibility index (Phi) is 3.97. The van der Waals surface area contributed by atoms with Crippen molar-refractivity contribution < 1.29 is 14.6 Å². The van der Waals surface area contributed by atoms with E-state index >= 15 is 0 Å². The van der Waals surface area contributed by atoms with Crippen molar-refractivity contribution in [3.63, 3.8) is 0 Å². The highest BCUT2D eigenvalue weighted by Gasteiger charge is 2.12. The predicted molar refractivity (Wildman–Crippen MR) is 69.5 cm³/mol. The van der Waals surface area contributed by atoms with Crippen molar-refractivity contribution in [1.82, 2.24) is 9.97 Å². The molecule has 2 aromatic rings. The fourth-order valence-corrected chi connectivity index (χ4v) is 1.66. The van der Waals surface area contributed by atoms with Gasteiger partial charge in [0.05, 0.1) is 11.2 Å². The highest BCUT2D eigenvalue weighted by molar-refractivity contribution is 6.33. The summed E-state index contributed by atoms with van der Waals surface area (Å²) in [6.45, 7) is 2.00. The quantitative estimate of drug-likeness (QED) is 0.931. The van der Waals surface area contributed by atoms with Gasteiger partial charge in [-0.1, -0.05) is 29.8 Å². The average Bonchev–Trinajstić information content (AvgIpc) is 2.39. The Balaban J connectivity index is 2.14. The van der Waals surface area contributed by atoms with E-state index in [0.29, 0.717) is 5.75 Å². The standard InChI is InChI=1S/C13H11ClN2O3/c1-8-4-2-3-5-10(8)19-7-11-15-6-9(14)12(16-11)13(17)18/h2-6H,7H2,1H3,(H,17,18). The summed E-state index contributed by atoms with van der Waals surface area (Å²) >= 11 is 5.69. The minimum Gasteiger partial charge on any atom is -0.485 e. The van der Waals surface area contributed by atoms with Crippen LogP contribution < -0.4 is 4.74 Å². The molecule has 98 valence electrons. The zero-order valence-corrected chi connectivity index (χ0v) is 10.9. The number of benzene rings is 1. The maximum atomic E-state index is 10.9. The number of halogens is 1. The summed E-state index contributed by atoms with van der Waals surface area (Å²) < 4.78 is 5.54. The molecule has 0 radical (unpaired) electrons. The molecule has 5 nitrogen and oxygen atoms in total. The summed E-state index contributed by atoms with van der Waals surface area (Å²) in [5.74, 6) is -0.215. The van der Waals surface area contributed by atoms with E-state index in [4.69, 9.17) is 21.4 Å². The maximum absolute atomic E-state index is 10.9. The lowest BCUT2D eigenvalue weighted by Gasteiger charge is -2.08. The van der Waals surface area contributed by atoms with Crippen LogP contribution in [0.3, 0.4) is 0 Å². The second-order valence-electron chi connectivity index (χ2n) is 3.84. The van der Waals surface area contributed by atoms with Gasteiger partial charge in [-0.2, -0.15) is 0 Å². The number of nitrogens with zero attached hydrogens (tertiary/aromatic N) is 2. The SMILES string of the molecule is Cc1ccccc1OCc1ncc(Cl)c(C(=O)O)n1. The summed E-state index contributed by atoms with van der Waals surface area (Å²) in [5.41, 5.74) is 0.759. The van der Waals surface area contributed by atoms with Crippen molar-refractivity contribution in [1.29, 1.82) is 0 Å². The van der Waals surface area contributed by atoms with Gasteiger partial charge in [0.15, 0.2) is 11.5 Å². The van der Waals surface area contributed by atoms with E-state index in [-0.39, 0.29) is 23.1 Å². The Morgan fingerprint density at radius 1 is 1.42 bits per heavy atom. The molecule has 1 heterocycles. The fraction of sp³-hybridized carbons (Fsp3) is 0.154. The highest BCUT2D eigenvalue weighted by atomic mass is 35.5. The molecule has 0 amide bonds. The van der Waals surface area contributed by atoms with Crippen molar-refractivity contribution >= 4 is 17.6 Å². The van der Waals surface area contributed by atoms with Gasteiger partial charge in [0.25, 0.3) is 0 Å². The van der Waals surface area contributed by atoms with Crippen molar-refractivity contribution in [3.8, 4) is 5.75 Å². The number of aromatic nitrogens is 2. The third-order valence-electron chi connectivity index (χ3n) is 2.45. The molecule has 1 N–H and O–H groups in total. The zero-order valence-electron chi connectivity index (χ0n) is 10.1. The number of aryl methyl sites for hydroxylation is 1. The zero-order chi connectivity index (χ0) is 13.8. The Morgan fingerprint density at radius 2 is 2.16 bits per heavy atom. The number of hydrogen-bond donors (Lipinski definition) is 1. The van der Waals surface area contributed by atoms with Gasteiger partial charge >= 0.3 is 5.97 Å². The smallest absolute Gasteiger partial charge is 0.356 e. The van der Waals surface area contributed by atoms with Gasteiger partial charge in [-0.05, 0) is 18.6 Å². The van der Waals surface area contributed by atoms with Gasteiger partial charge in [-0.3, -0.25) is 0 Å². The predicted octanol–water partition coefficient (Wildman–Crippen LogP) is 2.72. The molecule has 0 aliphatic heterocycles. The molecule has 2 rings (SSSR count). The van der Waals surface area contributed by atoms with Crippen molar-refractivity contribution in [3.05, 3.63) is 52.6 Å². The molecule has 0 saturated carbocycles. The van der Waals surface area contributed by atoms with Crippen LogP contribution in [0.1, 0.15) is 21.9 Å². The number of aromatic carboxylic acids is 1. The van der Waals surface area contributed by atoms with Gasteiger partial charge in [0.2, 0.25) is 0 Å². The van der Waals surface area contributed by atoms with Crippen molar-refractivity contribution in [2.45, 2.75) is 13.5 Å². The summed E-state index contributed by atoms with van der Waals surface area (Å²) in [6, 6.07) is 7.50. The first-order valence-electron chi connectivity index (χ1n) is 5.51. The van der Waals surface area contributed by atoms with E-state index in [1.54, 1.807) is 0 Å². The minimum atomic E-state index is -1.19. The lowest BCUT2D eigenvalue weighted by Crippen LogP contribution is -2.08. The average molecular weight is 279 g/mol. The molecule has 0 aliphatic rings. The van der Waals surface area contributed by atoms with Crippen LogP contribution in [-0.4, -0.2) is 21.0 Å². The van der Waals surface area contributed by atoms with Crippen LogP contribution in [0.25, 0.3) is 0 Å². The topological polar surface area (TPSA) is 72.3 Å². The monoisotopic (exact) mass is 278 g/mol. The van der Waals surface area contributed by atoms with Gasteiger partial charge in [0.1, 0.15) is 12.4 Å². The molecule has 0 spiro atoms. The number of carbonyl (C=O) groups is 1. The van der Waals surface area contributed by atoms with Crippen molar-refractivity contribution in [2.24, 2.45) is 0 Å². The van der Waals surface area contributed by atoms with Crippen LogP contribution in [0, 0.1) is 6.92 Å². The van der Waals surface area contributed by atoms with E-state index in [1.807, 2.05) is 31.2 Å². The first-order chi connectivity index (χ1) is 9.08. The molecular formula is C13H11ClN2O3. The maximum Gasteiger partial charge on any atom is 0.356 e. The van der Waals surface area contributed by atoms with E-state index in [2.05, 4.69) is 9.97 Å². The summed E-state index contributed by atoms with van der Waals surface area (Å²) in [7, 11) is 0. The van der Waals surface area contributed by atoms with E-state index in [0.717, 1.165) is 5.56 Å². The summed E-state index contributed by atoms with van der Waals surface area (Å²) in [6.07, 6.45) is 1.26. The molecule has 6 heteroatoms. The van der Waals surface area contributed by atoms with Crippen LogP contribution >= 0.6 is 11.6 Å². The van der Waals surface area contributed by atoms with Crippen LogP contribution in [-0.2, 0) is 6.61 Å². The lowest BCUT2D eigenvalue weighted by atomic mass is 10.2. The number of carboxylic acids is 1. The van der Waals surface area contributed by atoms with Gasteiger partial charge < -0.3 is 9.84 Å². The fourth-order valence-electron chi connectivity index (χ4n) is 1.48. The van der Waals surface area contributed by atoms with Gasteiger partial charge in [0, 0.05) is 0 Å². The van der Waals surface area contributed by atoms with Crippen LogP contribution in [0.2, 0.25) is 5.02 Å². The molecule has 0 fully saturated rings. The molecule has 0 atom stereocenters. The first kappa shape index (κ1) is 13.3. The van der Waals surface area contributed by atoms with E-state index < -0.39 is 5.97 Å². The molecule has 1 aromatic heterocycles. The summed E-state index contributed by atoms with van der Waals surface area (Å²) in [4.78, 5) is 18.7. The third-order valence-corrected chi connectivity index (χ3v) is 2.72. The van der Waals surface area contributed by atoms with E-state index in [9.17, 15) is 4.79 Å². The molecular weight excluding hydrogens is 268 g/mol. The second-order valence-corrected chi connectivity index (χ2v) is 4.25. The molecule has 0 saturated heterocycles. The lowest BCUT2D eigenvalue weighted by molar-refractivity contribution is 0.0689. The molecule has 0 bridgehead atoms. The molecule has 0 unspecified atom stereocenters. The Bertz CT molecular complexity index is 617. The Labute approximate surface area is 114 Å². The van der Waals surface area contributed by atoms with Gasteiger partial charge in [-0.15, -0.1) is 0 Å².